The Bertz CT molecular complexity index is 307. The molecule has 1 heterocycles. The van der Waals surface area contributed by atoms with Gasteiger partial charge >= 0.3 is 0 Å². The standard InChI is InChI=1S/C8H13N5/c1-5-7(12-6-2-3-6)10-4-11-8(5)13-9/h4,6H,2-3,9H2,1H3,(H2,10,11,12,13). The molecule has 1 aromatic rings. The quantitative estimate of drug-likeness (QED) is 0.469. The van der Waals surface area contributed by atoms with Crippen molar-refractivity contribution in [1.29, 1.82) is 0 Å². The highest BCUT2D eigenvalue weighted by Crippen LogP contribution is 2.26. The van der Waals surface area contributed by atoms with E-state index in [-0.39, 0.29) is 0 Å². The summed E-state index contributed by atoms with van der Waals surface area (Å²) in [6, 6.07) is 0.597. The molecule has 4 N–H and O–H groups in total. The van der Waals surface area contributed by atoms with Gasteiger partial charge in [-0.05, 0) is 19.8 Å². The molecule has 1 saturated carbocycles. The van der Waals surface area contributed by atoms with Gasteiger partial charge in [0.25, 0.3) is 0 Å². The monoisotopic (exact) mass is 179 g/mol. The lowest BCUT2D eigenvalue weighted by Gasteiger charge is -2.09. The maximum absolute atomic E-state index is 5.30. The third kappa shape index (κ3) is 1.70. The molecule has 70 valence electrons. The molecule has 0 aliphatic heterocycles. The number of anilines is 2. The molecule has 13 heavy (non-hydrogen) atoms. The summed E-state index contributed by atoms with van der Waals surface area (Å²) >= 11 is 0. The first-order valence-corrected chi connectivity index (χ1v) is 4.36. The van der Waals surface area contributed by atoms with E-state index in [0.717, 1.165) is 11.4 Å². The zero-order chi connectivity index (χ0) is 9.26. The highest BCUT2D eigenvalue weighted by molar-refractivity contribution is 5.56. The number of nitrogens with one attached hydrogen (secondary N) is 2. The zero-order valence-corrected chi connectivity index (χ0v) is 7.54. The fourth-order valence-corrected chi connectivity index (χ4v) is 1.16. The van der Waals surface area contributed by atoms with E-state index in [1.165, 1.54) is 19.2 Å². The molecule has 0 radical (unpaired) electrons. The van der Waals surface area contributed by atoms with Crippen LogP contribution in [0.15, 0.2) is 6.33 Å². The zero-order valence-electron chi connectivity index (χ0n) is 7.54. The van der Waals surface area contributed by atoms with Crippen LogP contribution in [0.5, 0.6) is 0 Å². The average Bonchev–Trinajstić information content (AvgIpc) is 2.92. The minimum absolute atomic E-state index is 0.597. The number of nitrogens with zero attached hydrogens (tertiary/aromatic N) is 2. The third-order valence-corrected chi connectivity index (χ3v) is 2.14. The summed E-state index contributed by atoms with van der Waals surface area (Å²) in [5.74, 6) is 6.86. The molecule has 2 rings (SSSR count). The van der Waals surface area contributed by atoms with Crippen molar-refractivity contribution in [2.45, 2.75) is 25.8 Å². The Morgan fingerprint density at radius 1 is 1.38 bits per heavy atom. The maximum atomic E-state index is 5.30. The number of hydrogen-bond donors (Lipinski definition) is 3. The Hall–Kier alpha value is -1.36. The van der Waals surface area contributed by atoms with Crippen LogP contribution >= 0.6 is 0 Å². The number of hydrogen-bond acceptors (Lipinski definition) is 5. The van der Waals surface area contributed by atoms with Crippen molar-refractivity contribution in [3.63, 3.8) is 0 Å². The lowest BCUT2D eigenvalue weighted by Crippen LogP contribution is -2.13. The van der Waals surface area contributed by atoms with E-state index < -0.39 is 0 Å². The minimum atomic E-state index is 0.597. The summed E-state index contributed by atoms with van der Waals surface area (Å²) in [4.78, 5) is 8.15. The predicted octanol–water partition coefficient (Wildman–Crippen LogP) is 0.645. The van der Waals surface area contributed by atoms with Gasteiger partial charge in [0.05, 0.1) is 0 Å². The number of nitrogens with two attached hydrogens (primary N) is 1. The molecule has 1 aliphatic rings. The number of hydrazine groups is 1. The summed E-state index contributed by atoms with van der Waals surface area (Å²) in [6.45, 7) is 1.94. The Kier molecular flexibility index (Phi) is 2.02. The van der Waals surface area contributed by atoms with Crippen LogP contribution in [-0.4, -0.2) is 16.0 Å². The van der Waals surface area contributed by atoms with Crippen molar-refractivity contribution >= 4 is 11.6 Å². The second kappa shape index (κ2) is 3.18. The topological polar surface area (TPSA) is 75.9 Å². The van der Waals surface area contributed by atoms with Crippen LogP contribution in [-0.2, 0) is 0 Å². The highest BCUT2D eigenvalue weighted by Gasteiger charge is 2.22. The number of nitrogen functional groups attached to an aromatic ring is 1. The molecule has 0 atom stereocenters. The van der Waals surface area contributed by atoms with Gasteiger partial charge in [0, 0.05) is 11.6 Å². The molecule has 1 fully saturated rings. The lowest BCUT2D eigenvalue weighted by atomic mass is 10.3. The smallest absolute Gasteiger partial charge is 0.148 e. The molecular weight excluding hydrogens is 166 g/mol. The molecule has 0 unspecified atom stereocenters. The van der Waals surface area contributed by atoms with Crippen LogP contribution in [0.4, 0.5) is 11.6 Å². The number of aromatic nitrogens is 2. The van der Waals surface area contributed by atoms with E-state index in [4.69, 9.17) is 5.84 Å². The van der Waals surface area contributed by atoms with Crippen molar-refractivity contribution in [3.8, 4) is 0 Å². The Morgan fingerprint density at radius 3 is 2.69 bits per heavy atom. The summed E-state index contributed by atoms with van der Waals surface area (Å²) in [7, 11) is 0. The summed E-state index contributed by atoms with van der Waals surface area (Å²) in [5, 5.41) is 3.31. The maximum Gasteiger partial charge on any atom is 0.148 e. The molecule has 0 bridgehead atoms. The SMILES string of the molecule is Cc1c(NN)ncnc1NC1CC1. The van der Waals surface area contributed by atoms with Gasteiger partial charge in [-0.3, -0.25) is 0 Å². The Morgan fingerprint density at radius 2 is 2.08 bits per heavy atom. The fourth-order valence-electron chi connectivity index (χ4n) is 1.16. The Balaban J connectivity index is 2.22. The molecule has 1 aromatic heterocycles. The van der Waals surface area contributed by atoms with Gasteiger partial charge in [-0.15, -0.1) is 0 Å². The van der Waals surface area contributed by atoms with Gasteiger partial charge in [-0.25, -0.2) is 15.8 Å². The van der Waals surface area contributed by atoms with Gasteiger partial charge in [-0.2, -0.15) is 0 Å². The second-order valence-electron chi connectivity index (χ2n) is 3.26. The van der Waals surface area contributed by atoms with Gasteiger partial charge in [0.2, 0.25) is 0 Å². The van der Waals surface area contributed by atoms with Gasteiger partial charge in [0.1, 0.15) is 18.0 Å². The van der Waals surface area contributed by atoms with E-state index in [1.54, 1.807) is 0 Å². The predicted molar refractivity (Wildman–Crippen MR) is 51.2 cm³/mol. The van der Waals surface area contributed by atoms with Gasteiger partial charge in [0.15, 0.2) is 0 Å². The van der Waals surface area contributed by atoms with Crippen LogP contribution in [0.1, 0.15) is 18.4 Å². The summed E-state index contributed by atoms with van der Waals surface area (Å²) < 4.78 is 0. The van der Waals surface area contributed by atoms with Crippen molar-refractivity contribution in [1.82, 2.24) is 9.97 Å². The molecule has 5 heteroatoms. The highest BCUT2D eigenvalue weighted by atomic mass is 15.3. The van der Waals surface area contributed by atoms with Crippen molar-refractivity contribution in [2.75, 3.05) is 10.7 Å². The normalized spacial score (nSPS) is 15.5. The van der Waals surface area contributed by atoms with Crippen LogP contribution in [0.2, 0.25) is 0 Å². The molecule has 0 amide bonds. The molecule has 0 spiro atoms. The minimum Gasteiger partial charge on any atom is -0.367 e. The Labute approximate surface area is 76.7 Å². The average molecular weight is 179 g/mol. The molecular formula is C8H13N5. The molecule has 0 saturated heterocycles. The second-order valence-corrected chi connectivity index (χ2v) is 3.26. The van der Waals surface area contributed by atoms with Crippen LogP contribution < -0.4 is 16.6 Å². The number of rotatable bonds is 3. The summed E-state index contributed by atoms with van der Waals surface area (Å²) in [6.07, 6.45) is 3.97. The molecule has 1 aliphatic carbocycles. The van der Waals surface area contributed by atoms with E-state index in [9.17, 15) is 0 Å². The fraction of sp³-hybridized carbons (Fsp3) is 0.500. The van der Waals surface area contributed by atoms with Crippen molar-refractivity contribution in [2.24, 2.45) is 5.84 Å². The van der Waals surface area contributed by atoms with Crippen LogP contribution in [0.3, 0.4) is 0 Å². The van der Waals surface area contributed by atoms with Crippen molar-refractivity contribution in [3.05, 3.63) is 11.9 Å². The van der Waals surface area contributed by atoms with Crippen LogP contribution in [0, 0.1) is 6.92 Å². The van der Waals surface area contributed by atoms with E-state index in [1.807, 2.05) is 6.92 Å². The third-order valence-electron chi connectivity index (χ3n) is 2.14. The van der Waals surface area contributed by atoms with E-state index in [2.05, 4.69) is 20.7 Å². The first-order valence-electron chi connectivity index (χ1n) is 4.36. The molecule has 5 nitrogen and oxygen atoms in total. The first-order chi connectivity index (χ1) is 6.31. The largest absolute Gasteiger partial charge is 0.367 e. The molecule has 0 aromatic carbocycles. The van der Waals surface area contributed by atoms with Crippen molar-refractivity contribution < 1.29 is 0 Å². The van der Waals surface area contributed by atoms with E-state index >= 15 is 0 Å². The van der Waals surface area contributed by atoms with Crippen LogP contribution in [0.25, 0.3) is 0 Å². The van der Waals surface area contributed by atoms with Gasteiger partial charge in [-0.1, -0.05) is 0 Å². The first kappa shape index (κ1) is 8.25. The lowest BCUT2D eigenvalue weighted by molar-refractivity contribution is 1.05. The van der Waals surface area contributed by atoms with Gasteiger partial charge < -0.3 is 10.7 Å². The summed E-state index contributed by atoms with van der Waals surface area (Å²) in [5.41, 5.74) is 3.51. The van der Waals surface area contributed by atoms with E-state index in [0.29, 0.717) is 11.9 Å².